The SMILES string of the molecule is COc1ccc(-c2c(C)nn3c(N(CCC#N)C4CC4)nc(C)nc23)c(C)c1. The molecule has 0 N–H and O–H groups in total. The molecule has 1 aromatic carbocycles. The van der Waals surface area contributed by atoms with Gasteiger partial charge in [-0.15, -0.1) is 0 Å². The zero-order valence-corrected chi connectivity index (χ0v) is 16.7. The number of methoxy groups -OCH3 is 1. The highest BCUT2D eigenvalue weighted by molar-refractivity contribution is 5.82. The number of hydrogen-bond donors (Lipinski definition) is 0. The molecular formula is C21H24N6O. The van der Waals surface area contributed by atoms with Crippen LogP contribution in [0.15, 0.2) is 18.2 Å². The molecule has 0 aliphatic heterocycles. The molecule has 7 heteroatoms. The standard InChI is InChI=1S/C21H24N6O/c1-13-12-17(28-4)8-9-18(13)19-14(2)25-27-20(19)23-15(3)24-21(27)26(11-5-10-22)16-6-7-16/h8-9,12,16H,5-7,11H2,1-4H3. The van der Waals surface area contributed by atoms with Gasteiger partial charge in [0.25, 0.3) is 0 Å². The topological polar surface area (TPSA) is 79.3 Å². The van der Waals surface area contributed by atoms with E-state index in [1.807, 2.05) is 30.5 Å². The van der Waals surface area contributed by atoms with Crippen molar-refractivity contribution >= 4 is 11.6 Å². The van der Waals surface area contributed by atoms with Crippen LogP contribution in [-0.4, -0.2) is 39.3 Å². The van der Waals surface area contributed by atoms with Gasteiger partial charge in [0.15, 0.2) is 5.65 Å². The average Bonchev–Trinajstić information content (AvgIpc) is 3.45. The quantitative estimate of drug-likeness (QED) is 0.654. The van der Waals surface area contributed by atoms with Gasteiger partial charge < -0.3 is 9.64 Å². The van der Waals surface area contributed by atoms with Crippen LogP contribution < -0.4 is 9.64 Å². The van der Waals surface area contributed by atoms with E-state index in [0.29, 0.717) is 24.8 Å². The summed E-state index contributed by atoms with van der Waals surface area (Å²) in [6, 6.07) is 8.72. The van der Waals surface area contributed by atoms with Crippen LogP contribution in [0.4, 0.5) is 5.95 Å². The van der Waals surface area contributed by atoms with Gasteiger partial charge >= 0.3 is 0 Å². The molecule has 4 rings (SSSR count). The summed E-state index contributed by atoms with van der Waals surface area (Å²) in [7, 11) is 1.67. The predicted molar refractivity (Wildman–Crippen MR) is 108 cm³/mol. The third-order valence-corrected chi connectivity index (χ3v) is 5.17. The molecule has 2 aromatic heterocycles. The molecule has 1 fully saturated rings. The molecule has 0 radical (unpaired) electrons. The summed E-state index contributed by atoms with van der Waals surface area (Å²) >= 11 is 0. The summed E-state index contributed by atoms with van der Waals surface area (Å²) in [5.41, 5.74) is 4.93. The summed E-state index contributed by atoms with van der Waals surface area (Å²) in [5, 5.41) is 13.8. The monoisotopic (exact) mass is 376 g/mol. The first-order valence-electron chi connectivity index (χ1n) is 9.56. The second-order valence-electron chi connectivity index (χ2n) is 7.28. The van der Waals surface area contributed by atoms with Gasteiger partial charge in [-0.05, 0) is 56.9 Å². The molecule has 1 aliphatic carbocycles. The first kappa shape index (κ1) is 18.2. The third kappa shape index (κ3) is 3.15. The fraction of sp³-hybridized carbons (Fsp3) is 0.429. The van der Waals surface area contributed by atoms with E-state index in [9.17, 15) is 0 Å². The second kappa shape index (κ2) is 7.12. The Morgan fingerprint density at radius 3 is 2.68 bits per heavy atom. The van der Waals surface area contributed by atoms with Crippen molar-refractivity contribution in [1.82, 2.24) is 19.6 Å². The number of benzene rings is 1. The Bertz CT molecular complexity index is 1080. The number of ether oxygens (including phenoxy) is 1. The summed E-state index contributed by atoms with van der Waals surface area (Å²) in [5.74, 6) is 2.32. The Labute approximate surface area is 164 Å². The van der Waals surface area contributed by atoms with E-state index in [-0.39, 0.29) is 0 Å². The Morgan fingerprint density at radius 1 is 1.25 bits per heavy atom. The normalized spacial score (nSPS) is 13.5. The summed E-state index contributed by atoms with van der Waals surface area (Å²) < 4.78 is 7.19. The first-order valence-corrected chi connectivity index (χ1v) is 9.56. The van der Waals surface area contributed by atoms with Crippen LogP contribution >= 0.6 is 0 Å². The minimum absolute atomic E-state index is 0.432. The van der Waals surface area contributed by atoms with Crippen LogP contribution in [0, 0.1) is 32.1 Å². The minimum Gasteiger partial charge on any atom is -0.497 e. The third-order valence-electron chi connectivity index (χ3n) is 5.17. The van der Waals surface area contributed by atoms with E-state index in [2.05, 4.69) is 24.0 Å². The molecule has 28 heavy (non-hydrogen) atoms. The fourth-order valence-corrected chi connectivity index (χ4v) is 3.68. The van der Waals surface area contributed by atoms with E-state index >= 15 is 0 Å². The van der Waals surface area contributed by atoms with E-state index in [0.717, 1.165) is 52.6 Å². The Balaban J connectivity index is 1.90. The van der Waals surface area contributed by atoms with Crippen molar-refractivity contribution in [3.8, 4) is 22.9 Å². The molecule has 1 saturated carbocycles. The molecule has 1 aliphatic rings. The highest BCUT2D eigenvalue weighted by Gasteiger charge is 2.32. The number of anilines is 1. The van der Waals surface area contributed by atoms with Crippen molar-refractivity contribution in [2.45, 2.75) is 46.1 Å². The number of fused-ring (bicyclic) bond motifs is 1. The zero-order valence-electron chi connectivity index (χ0n) is 16.7. The summed E-state index contributed by atoms with van der Waals surface area (Å²) in [6.45, 7) is 6.64. The molecule has 0 bridgehead atoms. The maximum Gasteiger partial charge on any atom is 0.230 e. The molecule has 0 spiro atoms. The molecule has 7 nitrogen and oxygen atoms in total. The van der Waals surface area contributed by atoms with Crippen molar-refractivity contribution in [3.05, 3.63) is 35.3 Å². The Hall–Kier alpha value is -3.14. The molecular weight excluding hydrogens is 352 g/mol. The molecule has 144 valence electrons. The number of aryl methyl sites for hydroxylation is 3. The zero-order chi connectivity index (χ0) is 19.8. The van der Waals surface area contributed by atoms with Crippen molar-refractivity contribution in [2.75, 3.05) is 18.6 Å². The first-order chi connectivity index (χ1) is 13.5. The second-order valence-corrected chi connectivity index (χ2v) is 7.28. The van der Waals surface area contributed by atoms with Crippen molar-refractivity contribution in [1.29, 1.82) is 5.26 Å². The van der Waals surface area contributed by atoms with Crippen molar-refractivity contribution < 1.29 is 4.74 Å². The number of hydrogen-bond acceptors (Lipinski definition) is 6. The van der Waals surface area contributed by atoms with Gasteiger partial charge in [0, 0.05) is 18.2 Å². The lowest BCUT2D eigenvalue weighted by molar-refractivity contribution is 0.414. The van der Waals surface area contributed by atoms with Crippen LogP contribution in [0.25, 0.3) is 16.8 Å². The molecule has 0 atom stereocenters. The maximum atomic E-state index is 9.06. The number of nitriles is 1. The van der Waals surface area contributed by atoms with Gasteiger partial charge in [0.2, 0.25) is 5.95 Å². The lowest BCUT2D eigenvalue weighted by atomic mass is 10.0. The fourth-order valence-electron chi connectivity index (χ4n) is 3.68. The van der Waals surface area contributed by atoms with Gasteiger partial charge in [-0.2, -0.15) is 19.9 Å². The highest BCUT2D eigenvalue weighted by Crippen LogP contribution is 2.35. The van der Waals surface area contributed by atoms with Gasteiger partial charge in [0.1, 0.15) is 11.6 Å². The smallest absolute Gasteiger partial charge is 0.230 e. The Morgan fingerprint density at radius 2 is 2.04 bits per heavy atom. The average molecular weight is 376 g/mol. The highest BCUT2D eigenvalue weighted by atomic mass is 16.5. The van der Waals surface area contributed by atoms with Crippen LogP contribution in [0.5, 0.6) is 5.75 Å². The minimum atomic E-state index is 0.432. The van der Waals surface area contributed by atoms with E-state index in [4.69, 9.17) is 25.1 Å². The van der Waals surface area contributed by atoms with Crippen molar-refractivity contribution in [3.63, 3.8) is 0 Å². The predicted octanol–water partition coefficient (Wildman–Crippen LogP) is 3.61. The van der Waals surface area contributed by atoms with Gasteiger partial charge in [-0.1, -0.05) is 6.07 Å². The van der Waals surface area contributed by atoms with Gasteiger partial charge in [-0.3, -0.25) is 0 Å². The summed E-state index contributed by atoms with van der Waals surface area (Å²) in [6.07, 6.45) is 2.72. The van der Waals surface area contributed by atoms with Crippen LogP contribution in [0.2, 0.25) is 0 Å². The van der Waals surface area contributed by atoms with Crippen LogP contribution in [0.3, 0.4) is 0 Å². The largest absolute Gasteiger partial charge is 0.497 e. The number of aromatic nitrogens is 4. The molecule has 3 aromatic rings. The Kier molecular flexibility index (Phi) is 4.63. The lowest BCUT2D eigenvalue weighted by Crippen LogP contribution is -2.30. The van der Waals surface area contributed by atoms with Crippen molar-refractivity contribution in [2.24, 2.45) is 0 Å². The summed E-state index contributed by atoms with van der Waals surface area (Å²) in [4.78, 5) is 11.6. The van der Waals surface area contributed by atoms with E-state index < -0.39 is 0 Å². The molecule has 0 amide bonds. The number of nitrogens with zero attached hydrogens (tertiary/aromatic N) is 6. The van der Waals surface area contributed by atoms with Crippen LogP contribution in [-0.2, 0) is 0 Å². The molecule has 0 saturated heterocycles. The molecule has 2 heterocycles. The number of rotatable bonds is 6. The van der Waals surface area contributed by atoms with E-state index in [1.165, 1.54) is 0 Å². The molecule has 0 unspecified atom stereocenters. The maximum absolute atomic E-state index is 9.06. The van der Waals surface area contributed by atoms with Gasteiger partial charge in [0.05, 0.1) is 25.3 Å². The lowest BCUT2D eigenvalue weighted by Gasteiger charge is -2.22. The van der Waals surface area contributed by atoms with Gasteiger partial charge in [-0.25, -0.2) is 4.98 Å². The van der Waals surface area contributed by atoms with Crippen LogP contribution in [0.1, 0.15) is 36.3 Å². The van der Waals surface area contributed by atoms with E-state index in [1.54, 1.807) is 7.11 Å².